The summed E-state index contributed by atoms with van der Waals surface area (Å²) in [5, 5.41) is 8.53. The van der Waals surface area contributed by atoms with Crippen LogP contribution in [0.2, 0.25) is 0 Å². The van der Waals surface area contributed by atoms with Crippen molar-refractivity contribution >= 4 is 23.7 Å². The first-order chi connectivity index (χ1) is 12.1. The zero-order valence-electron chi connectivity index (χ0n) is 14.9. The van der Waals surface area contributed by atoms with Crippen LogP contribution in [0.25, 0.3) is 0 Å². The average molecular weight is 358 g/mol. The molecule has 0 radical (unpaired) electrons. The number of fused-ring (bicyclic) bond motifs is 1. The van der Waals surface area contributed by atoms with Gasteiger partial charge in [-0.05, 0) is 37.7 Å². The zero-order chi connectivity index (χ0) is 18.0. The number of nitrogens with one attached hydrogen (secondary N) is 1. The van der Waals surface area contributed by atoms with Crippen molar-refractivity contribution in [2.45, 2.75) is 38.9 Å². The molecule has 1 aromatic carbocycles. The third-order valence-electron chi connectivity index (χ3n) is 4.08. The summed E-state index contributed by atoms with van der Waals surface area (Å²) in [4.78, 5) is 17.2. The highest BCUT2D eigenvalue weighted by atomic mass is 32.2. The maximum absolute atomic E-state index is 12.7. The Hall–Kier alpha value is -2.28. The number of hydrogen-bond acceptors (Lipinski definition) is 6. The number of nitrogens with zero attached hydrogens (tertiary/aromatic N) is 3. The van der Waals surface area contributed by atoms with Crippen LogP contribution < -0.4 is 5.32 Å². The fourth-order valence-corrected chi connectivity index (χ4v) is 3.53. The summed E-state index contributed by atoms with van der Waals surface area (Å²) in [6, 6.07) is 7.67. The van der Waals surface area contributed by atoms with E-state index in [-0.39, 0.29) is 12.0 Å². The van der Waals surface area contributed by atoms with Crippen molar-refractivity contribution in [3.63, 3.8) is 0 Å². The minimum atomic E-state index is -0.352. The van der Waals surface area contributed by atoms with E-state index in [1.54, 1.807) is 16.4 Å². The molecule has 6 nitrogen and oxygen atoms in total. The second-order valence-corrected chi connectivity index (χ2v) is 6.97. The number of carbonyl (C=O) groups is 1. The lowest BCUT2D eigenvalue weighted by Crippen LogP contribution is -2.30. The minimum absolute atomic E-state index is 0.327. The van der Waals surface area contributed by atoms with Gasteiger partial charge in [0.05, 0.1) is 12.2 Å². The SMILES string of the molecule is CCOC(=O)C1=C(C)Nc2nc(SCC)nn2[C@@H]1c1ccccc1C. The number of thioether (sulfide) groups is 1. The van der Waals surface area contributed by atoms with Gasteiger partial charge < -0.3 is 10.1 Å². The number of allylic oxidation sites excluding steroid dienone is 1. The Kier molecular flexibility index (Phi) is 5.13. The van der Waals surface area contributed by atoms with E-state index in [1.807, 2.05) is 45.0 Å². The molecular formula is C18H22N4O2S. The monoisotopic (exact) mass is 358 g/mol. The molecule has 7 heteroatoms. The standard InChI is InChI=1S/C18H22N4O2S/c1-5-24-16(23)14-12(4)19-17-20-18(25-6-2)21-22(17)15(14)13-10-8-7-9-11(13)3/h7-10,15H,5-6H2,1-4H3,(H,19,20,21)/t15-/m1/s1. The Morgan fingerprint density at radius 3 is 2.76 bits per heavy atom. The number of anilines is 1. The molecule has 0 spiro atoms. The molecule has 0 bridgehead atoms. The highest BCUT2D eigenvalue weighted by Gasteiger charge is 2.35. The van der Waals surface area contributed by atoms with Crippen molar-refractivity contribution in [1.82, 2.24) is 14.8 Å². The van der Waals surface area contributed by atoms with E-state index in [0.717, 1.165) is 22.6 Å². The van der Waals surface area contributed by atoms with Crippen LogP contribution >= 0.6 is 11.8 Å². The van der Waals surface area contributed by atoms with E-state index in [2.05, 4.69) is 22.3 Å². The number of ether oxygens (including phenoxy) is 1. The van der Waals surface area contributed by atoms with Crippen molar-refractivity contribution in [3.05, 3.63) is 46.7 Å². The zero-order valence-corrected chi connectivity index (χ0v) is 15.7. The molecule has 0 saturated carbocycles. The van der Waals surface area contributed by atoms with Gasteiger partial charge >= 0.3 is 5.97 Å². The molecular weight excluding hydrogens is 336 g/mol. The summed E-state index contributed by atoms with van der Waals surface area (Å²) in [6.07, 6.45) is 0. The first-order valence-electron chi connectivity index (χ1n) is 8.36. The number of aromatic nitrogens is 3. The van der Waals surface area contributed by atoms with E-state index < -0.39 is 0 Å². The normalized spacial score (nSPS) is 16.4. The Morgan fingerprint density at radius 2 is 2.08 bits per heavy atom. The van der Waals surface area contributed by atoms with Crippen LogP contribution in [-0.2, 0) is 9.53 Å². The van der Waals surface area contributed by atoms with E-state index in [4.69, 9.17) is 4.74 Å². The first kappa shape index (κ1) is 17.5. The van der Waals surface area contributed by atoms with E-state index in [9.17, 15) is 4.79 Å². The van der Waals surface area contributed by atoms with Gasteiger partial charge in [0.25, 0.3) is 0 Å². The Labute approximate surface area is 151 Å². The largest absolute Gasteiger partial charge is 0.463 e. The third kappa shape index (κ3) is 3.28. The molecule has 0 fully saturated rings. The number of carbonyl (C=O) groups excluding carboxylic acids is 1. The molecule has 1 N–H and O–H groups in total. The smallest absolute Gasteiger partial charge is 0.338 e. The lowest BCUT2D eigenvalue weighted by atomic mass is 9.93. The number of hydrogen-bond donors (Lipinski definition) is 1. The van der Waals surface area contributed by atoms with Crippen molar-refractivity contribution in [2.24, 2.45) is 0 Å². The van der Waals surface area contributed by atoms with Crippen LogP contribution in [0.3, 0.4) is 0 Å². The molecule has 0 aliphatic carbocycles. The van der Waals surface area contributed by atoms with Crippen molar-refractivity contribution < 1.29 is 9.53 Å². The molecule has 2 heterocycles. The highest BCUT2D eigenvalue weighted by molar-refractivity contribution is 7.99. The summed E-state index contributed by atoms with van der Waals surface area (Å²) in [5.74, 6) is 1.21. The summed E-state index contributed by atoms with van der Waals surface area (Å²) >= 11 is 1.57. The van der Waals surface area contributed by atoms with Gasteiger partial charge in [-0.3, -0.25) is 0 Å². The highest BCUT2D eigenvalue weighted by Crippen LogP contribution is 2.37. The molecule has 1 atom stereocenters. The molecule has 0 amide bonds. The van der Waals surface area contributed by atoms with Crippen molar-refractivity contribution in [1.29, 1.82) is 0 Å². The van der Waals surface area contributed by atoms with Gasteiger partial charge in [0.1, 0.15) is 6.04 Å². The number of esters is 1. The van der Waals surface area contributed by atoms with Crippen LogP contribution in [0.15, 0.2) is 40.7 Å². The third-order valence-corrected chi connectivity index (χ3v) is 4.80. The molecule has 1 aliphatic heterocycles. The molecule has 132 valence electrons. The Balaban J connectivity index is 2.17. The molecule has 1 aliphatic rings. The van der Waals surface area contributed by atoms with Crippen LogP contribution in [0.5, 0.6) is 0 Å². The minimum Gasteiger partial charge on any atom is -0.463 e. The van der Waals surface area contributed by atoms with Gasteiger partial charge in [-0.15, -0.1) is 5.10 Å². The molecule has 3 rings (SSSR count). The second-order valence-electron chi connectivity index (χ2n) is 5.74. The molecule has 25 heavy (non-hydrogen) atoms. The van der Waals surface area contributed by atoms with Gasteiger partial charge in [0.2, 0.25) is 11.1 Å². The molecule has 2 aromatic rings. The molecule has 1 aromatic heterocycles. The van der Waals surface area contributed by atoms with Gasteiger partial charge in [-0.25, -0.2) is 9.48 Å². The maximum Gasteiger partial charge on any atom is 0.338 e. The fourth-order valence-electron chi connectivity index (χ4n) is 2.98. The molecule has 0 unspecified atom stereocenters. The van der Waals surface area contributed by atoms with E-state index in [0.29, 0.717) is 23.3 Å². The first-order valence-corrected chi connectivity index (χ1v) is 9.35. The second kappa shape index (κ2) is 7.31. The summed E-state index contributed by atoms with van der Waals surface area (Å²) in [7, 11) is 0. The predicted molar refractivity (Wildman–Crippen MR) is 98.7 cm³/mol. The maximum atomic E-state index is 12.7. The summed E-state index contributed by atoms with van der Waals surface area (Å²) in [6.45, 7) is 8.11. The Morgan fingerprint density at radius 1 is 1.32 bits per heavy atom. The van der Waals surface area contributed by atoms with Crippen molar-refractivity contribution in [3.8, 4) is 0 Å². The lowest BCUT2D eigenvalue weighted by molar-refractivity contribution is -0.139. The van der Waals surface area contributed by atoms with Crippen molar-refractivity contribution in [2.75, 3.05) is 17.7 Å². The van der Waals surface area contributed by atoms with E-state index in [1.165, 1.54) is 0 Å². The van der Waals surface area contributed by atoms with Crippen LogP contribution in [-0.4, -0.2) is 33.1 Å². The lowest BCUT2D eigenvalue weighted by Gasteiger charge is -2.28. The quantitative estimate of drug-likeness (QED) is 0.651. The van der Waals surface area contributed by atoms with Crippen LogP contribution in [0, 0.1) is 6.92 Å². The molecule has 0 saturated heterocycles. The van der Waals surface area contributed by atoms with Gasteiger partial charge in [0, 0.05) is 5.70 Å². The fraction of sp³-hybridized carbons (Fsp3) is 0.389. The predicted octanol–water partition coefficient (Wildman–Crippen LogP) is 3.55. The average Bonchev–Trinajstić information content (AvgIpc) is 2.96. The number of rotatable bonds is 5. The van der Waals surface area contributed by atoms with Gasteiger partial charge in [0.15, 0.2) is 0 Å². The van der Waals surface area contributed by atoms with Crippen LogP contribution in [0.4, 0.5) is 5.95 Å². The van der Waals surface area contributed by atoms with Crippen LogP contribution in [0.1, 0.15) is 37.9 Å². The number of aryl methyl sites for hydroxylation is 1. The summed E-state index contributed by atoms with van der Waals surface area (Å²) < 4.78 is 7.10. The van der Waals surface area contributed by atoms with Gasteiger partial charge in [-0.2, -0.15) is 4.98 Å². The summed E-state index contributed by atoms with van der Waals surface area (Å²) in [5.41, 5.74) is 3.43. The Bertz CT molecular complexity index is 828. The van der Waals surface area contributed by atoms with E-state index >= 15 is 0 Å². The number of benzene rings is 1. The topological polar surface area (TPSA) is 69.0 Å². The van der Waals surface area contributed by atoms with Gasteiger partial charge in [-0.1, -0.05) is 43.0 Å².